The second-order valence-electron chi connectivity index (χ2n) is 7.46. The molecule has 176 valence electrons. The topological polar surface area (TPSA) is 124 Å². The summed E-state index contributed by atoms with van der Waals surface area (Å²) in [4.78, 5) is 54.5. The molecule has 0 aliphatic carbocycles. The van der Waals surface area contributed by atoms with E-state index in [-0.39, 0.29) is 50.2 Å². The van der Waals surface area contributed by atoms with Crippen LogP contribution >= 0.6 is 0 Å². The molecular formula is C19H34N6O6. The highest BCUT2D eigenvalue weighted by Crippen LogP contribution is 2.08. The van der Waals surface area contributed by atoms with Crippen molar-refractivity contribution in [3.63, 3.8) is 0 Å². The standard InChI is InChI=1S/C19H34N6O6/c1-30-14-24-12-10-22(18(24)28)8-6-20-16(26)4-3-5-17(27)21-7-9-23-11-13-25(15-31-2)19(23)29/h3-15H2,1-2H3,(H,20,26)(H,21,27). The number of nitrogens with one attached hydrogen (secondary N) is 2. The minimum atomic E-state index is -0.144. The third-order valence-electron chi connectivity index (χ3n) is 5.15. The van der Waals surface area contributed by atoms with Gasteiger partial charge in [0.1, 0.15) is 13.5 Å². The second-order valence-corrected chi connectivity index (χ2v) is 7.46. The molecule has 0 bridgehead atoms. The number of urea groups is 2. The highest BCUT2D eigenvalue weighted by molar-refractivity contribution is 5.79. The summed E-state index contributed by atoms with van der Waals surface area (Å²) in [5.41, 5.74) is 0. The molecule has 6 amide bonds. The van der Waals surface area contributed by atoms with E-state index in [1.807, 2.05) is 0 Å². The van der Waals surface area contributed by atoms with Gasteiger partial charge in [-0.15, -0.1) is 0 Å². The van der Waals surface area contributed by atoms with Gasteiger partial charge in [0, 0.05) is 79.4 Å². The van der Waals surface area contributed by atoms with Crippen molar-refractivity contribution in [2.24, 2.45) is 0 Å². The molecule has 2 fully saturated rings. The minimum absolute atomic E-state index is 0.0881. The largest absolute Gasteiger partial charge is 0.364 e. The molecule has 0 atom stereocenters. The Morgan fingerprint density at radius 1 is 0.742 bits per heavy atom. The van der Waals surface area contributed by atoms with Crippen LogP contribution in [0, 0.1) is 0 Å². The molecule has 0 aromatic rings. The molecule has 2 N–H and O–H groups in total. The molecule has 2 aliphatic heterocycles. The van der Waals surface area contributed by atoms with Gasteiger partial charge in [-0.1, -0.05) is 0 Å². The number of carbonyl (C=O) groups excluding carboxylic acids is 4. The Labute approximate surface area is 182 Å². The first-order valence-corrected chi connectivity index (χ1v) is 10.5. The second kappa shape index (κ2) is 13.0. The molecule has 12 nitrogen and oxygen atoms in total. The van der Waals surface area contributed by atoms with Gasteiger partial charge < -0.3 is 29.9 Å². The van der Waals surface area contributed by atoms with Gasteiger partial charge in [-0.25, -0.2) is 9.59 Å². The van der Waals surface area contributed by atoms with E-state index in [1.165, 1.54) is 0 Å². The van der Waals surface area contributed by atoms with Crippen molar-refractivity contribution in [2.45, 2.75) is 19.3 Å². The van der Waals surface area contributed by atoms with Gasteiger partial charge in [0.15, 0.2) is 0 Å². The predicted octanol–water partition coefficient (Wildman–Crippen LogP) is -0.928. The molecule has 12 heteroatoms. The number of methoxy groups -OCH3 is 2. The van der Waals surface area contributed by atoms with Crippen LogP contribution < -0.4 is 10.6 Å². The van der Waals surface area contributed by atoms with Crippen LogP contribution in [0.4, 0.5) is 9.59 Å². The Hall–Kier alpha value is -2.60. The zero-order valence-corrected chi connectivity index (χ0v) is 18.4. The maximum atomic E-state index is 12.0. The van der Waals surface area contributed by atoms with Gasteiger partial charge >= 0.3 is 12.1 Å². The number of amides is 6. The average Bonchev–Trinajstić information content (AvgIpc) is 3.26. The molecule has 31 heavy (non-hydrogen) atoms. The fourth-order valence-electron chi connectivity index (χ4n) is 3.48. The lowest BCUT2D eigenvalue weighted by molar-refractivity contribution is -0.122. The number of rotatable bonds is 14. The lowest BCUT2D eigenvalue weighted by Crippen LogP contribution is -2.38. The molecule has 2 rings (SSSR count). The molecule has 2 saturated heterocycles. The normalized spacial score (nSPS) is 16.5. The summed E-state index contributed by atoms with van der Waals surface area (Å²) in [6.45, 7) is 4.65. The fourth-order valence-corrected chi connectivity index (χ4v) is 3.48. The molecule has 0 saturated carbocycles. The van der Waals surface area contributed by atoms with Gasteiger partial charge in [0.25, 0.3) is 0 Å². The maximum Gasteiger partial charge on any atom is 0.322 e. The quantitative estimate of drug-likeness (QED) is 0.358. The van der Waals surface area contributed by atoms with Crippen LogP contribution in [0.25, 0.3) is 0 Å². The van der Waals surface area contributed by atoms with Crippen molar-refractivity contribution in [1.82, 2.24) is 30.2 Å². The number of ether oxygens (including phenoxy) is 2. The average molecular weight is 443 g/mol. The molecule has 0 aromatic carbocycles. The number of carbonyl (C=O) groups is 4. The summed E-state index contributed by atoms with van der Waals surface area (Å²) in [5.74, 6) is -0.289. The molecule has 2 heterocycles. The van der Waals surface area contributed by atoms with Crippen molar-refractivity contribution in [1.29, 1.82) is 0 Å². The molecule has 0 unspecified atom stereocenters. The SMILES string of the molecule is COCN1CCN(CCNC(=O)CCCC(=O)NCCN2CCN(COC)C2=O)C1=O. The number of hydrogen-bond acceptors (Lipinski definition) is 6. The van der Waals surface area contributed by atoms with Gasteiger partial charge in [-0.3, -0.25) is 19.4 Å². The van der Waals surface area contributed by atoms with Crippen molar-refractivity contribution in [2.75, 3.05) is 80.0 Å². The van der Waals surface area contributed by atoms with Crippen LogP contribution in [0.3, 0.4) is 0 Å². The Bertz CT molecular complexity index is 581. The summed E-state index contributed by atoms with van der Waals surface area (Å²) < 4.78 is 9.94. The Balaban J connectivity index is 1.49. The maximum absolute atomic E-state index is 12.0. The summed E-state index contributed by atoms with van der Waals surface area (Å²) in [6, 6.07) is -0.176. The lowest BCUT2D eigenvalue weighted by Gasteiger charge is -2.18. The zero-order valence-electron chi connectivity index (χ0n) is 18.4. The van der Waals surface area contributed by atoms with E-state index in [9.17, 15) is 19.2 Å². The minimum Gasteiger partial charge on any atom is -0.364 e. The summed E-state index contributed by atoms with van der Waals surface area (Å²) in [6.07, 6.45) is 0.924. The highest BCUT2D eigenvalue weighted by Gasteiger charge is 2.28. The van der Waals surface area contributed by atoms with Gasteiger partial charge in [0.05, 0.1) is 0 Å². The van der Waals surface area contributed by atoms with E-state index in [4.69, 9.17) is 9.47 Å². The number of hydrogen-bond donors (Lipinski definition) is 2. The van der Waals surface area contributed by atoms with Crippen molar-refractivity contribution in [3.8, 4) is 0 Å². The van der Waals surface area contributed by atoms with Crippen LogP contribution in [-0.2, 0) is 19.1 Å². The van der Waals surface area contributed by atoms with Crippen molar-refractivity contribution >= 4 is 23.9 Å². The summed E-state index contributed by atoms with van der Waals surface area (Å²) >= 11 is 0. The first-order valence-electron chi connectivity index (χ1n) is 10.5. The smallest absolute Gasteiger partial charge is 0.322 e. The van der Waals surface area contributed by atoms with Crippen LogP contribution in [0.15, 0.2) is 0 Å². The molecule has 0 spiro atoms. The Morgan fingerprint density at radius 3 is 1.52 bits per heavy atom. The highest BCUT2D eigenvalue weighted by atomic mass is 16.5. The van der Waals surface area contributed by atoms with E-state index in [0.717, 1.165) is 0 Å². The Morgan fingerprint density at radius 2 is 1.13 bits per heavy atom. The molecular weight excluding hydrogens is 408 g/mol. The van der Waals surface area contributed by atoms with E-state index in [2.05, 4.69) is 10.6 Å². The van der Waals surface area contributed by atoms with Crippen LogP contribution in [-0.4, -0.2) is 124 Å². The van der Waals surface area contributed by atoms with E-state index in [0.29, 0.717) is 58.8 Å². The molecule has 0 aromatic heterocycles. The fraction of sp³-hybridized carbons (Fsp3) is 0.789. The molecule has 2 aliphatic rings. The van der Waals surface area contributed by atoms with E-state index >= 15 is 0 Å². The van der Waals surface area contributed by atoms with Gasteiger partial charge in [0.2, 0.25) is 11.8 Å². The zero-order chi connectivity index (χ0) is 22.6. The third-order valence-corrected chi connectivity index (χ3v) is 5.15. The van der Waals surface area contributed by atoms with Crippen molar-refractivity contribution in [3.05, 3.63) is 0 Å². The van der Waals surface area contributed by atoms with Crippen LogP contribution in [0.2, 0.25) is 0 Å². The summed E-state index contributed by atoms with van der Waals surface area (Å²) in [7, 11) is 3.09. The van der Waals surface area contributed by atoms with Gasteiger partial charge in [-0.05, 0) is 6.42 Å². The lowest BCUT2D eigenvalue weighted by atomic mass is 10.2. The van der Waals surface area contributed by atoms with E-state index < -0.39 is 0 Å². The monoisotopic (exact) mass is 442 g/mol. The van der Waals surface area contributed by atoms with Crippen LogP contribution in [0.5, 0.6) is 0 Å². The van der Waals surface area contributed by atoms with Crippen LogP contribution in [0.1, 0.15) is 19.3 Å². The predicted molar refractivity (Wildman–Crippen MR) is 111 cm³/mol. The summed E-state index contributed by atoms with van der Waals surface area (Å²) in [5, 5.41) is 5.55. The first kappa shape index (κ1) is 24.7. The van der Waals surface area contributed by atoms with Gasteiger partial charge in [-0.2, -0.15) is 0 Å². The first-order chi connectivity index (χ1) is 15.0. The molecule has 0 radical (unpaired) electrons. The number of nitrogens with zero attached hydrogens (tertiary/aromatic N) is 4. The third kappa shape index (κ3) is 7.87. The Kier molecular flexibility index (Phi) is 10.3. The van der Waals surface area contributed by atoms with Crippen molar-refractivity contribution < 1.29 is 28.7 Å². The van der Waals surface area contributed by atoms with E-state index in [1.54, 1.807) is 33.8 Å².